The van der Waals surface area contributed by atoms with Crippen LogP contribution in [0.4, 0.5) is 0 Å². The summed E-state index contributed by atoms with van der Waals surface area (Å²) in [6.45, 7) is 4.54. The molecule has 0 aliphatic heterocycles. The fourth-order valence-electron chi connectivity index (χ4n) is 3.12. The van der Waals surface area contributed by atoms with Crippen LogP contribution in [0.1, 0.15) is 36.3 Å². The molecule has 30 heavy (non-hydrogen) atoms. The SMILES string of the molecule is CCOc1ccccc1CCC(=O)NNC(=O)c1nn(CC)c(=O)c2ccccc12. The largest absolute Gasteiger partial charge is 0.494 e. The molecule has 0 saturated heterocycles. The minimum absolute atomic E-state index is 0.0778. The number of ether oxygens (including phenoxy) is 1. The number of hydrogen-bond donors (Lipinski definition) is 2. The van der Waals surface area contributed by atoms with Crippen molar-refractivity contribution >= 4 is 22.6 Å². The van der Waals surface area contributed by atoms with Crippen LogP contribution in [-0.4, -0.2) is 28.2 Å². The first-order valence-electron chi connectivity index (χ1n) is 9.84. The normalized spacial score (nSPS) is 10.6. The summed E-state index contributed by atoms with van der Waals surface area (Å²) in [4.78, 5) is 37.2. The molecular weight excluding hydrogens is 384 g/mol. The van der Waals surface area contributed by atoms with Crippen LogP contribution < -0.4 is 21.1 Å². The molecule has 3 rings (SSSR count). The molecule has 8 nitrogen and oxygen atoms in total. The molecule has 0 aliphatic carbocycles. The number of hydrazine groups is 1. The van der Waals surface area contributed by atoms with Crippen molar-refractivity contribution in [1.82, 2.24) is 20.6 Å². The molecule has 156 valence electrons. The summed E-state index contributed by atoms with van der Waals surface area (Å²) in [5.74, 6) is -0.187. The number of carbonyl (C=O) groups is 2. The number of rotatable bonds is 7. The van der Waals surface area contributed by atoms with Gasteiger partial charge in [-0.2, -0.15) is 5.10 Å². The number of amides is 2. The van der Waals surface area contributed by atoms with Crippen molar-refractivity contribution in [2.45, 2.75) is 33.2 Å². The molecular formula is C22H24N4O4. The minimum Gasteiger partial charge on any atom is -0.494 e. The molecule has 1 heterocycles. The lowest BCUT2D eigenvalue weighted by molar-refractivity contribution is -0.121. The van der Waals surface area contributed by atoms with E-state index in [0.717, 1.165) is 11.3 Å². The van der Waals surface area contributed by atoms with E-state index in [4.69, 9.17) is 4.74 Å². The summed E-state index contributed by atoms with van der Waals surface area (Å²) in [6.07, 6.45) is 0.646. The third-order valence-electron chi connectivity index (χ3n) is 4.59. The predicted octanol–water partition coefficient (Wildman–Crippen LogP) is 2.21. The molecule has 0 aliphatic rings. The molecule has 2 amide bonds. The Bertz CT molecular complexity index is 1120. The average molecular weight is 408 g/mol. The van der Waals surface area contributed by atoms with Crippen LogP contribution in [0.3, 0.4) is 0 Å². The quantitative estimate of drug-likeness (QED) is 0.584. The van der Waals surface area contributed by atoms with Gasteiger partial charge in [-0.05, 0) is 38.0 Å². The van der Waals surface area contributed by atoms with Gasteiger partial charge in [0.25, 0.3) is 11.5 Å². The van der Waals surface area contributed by atoms with Crippen LogP contribution in [0, 0.1) is 0 Å². The van der Waals surface area contributed by atoms with Crippen LogP contribution in [0.5, 0.6) is 5.75 Å². The number of fused-ring (bicyclic) bond motifs is 1. The smallest absolute Gasteiger partial charge is 0.290 e. The first kappa shape index (κ1) is 21.0. The molecule has 8 heteroatoms. The van der Waals surface area contributed by atoms with Crippen molar-refractivity contribution in [1.29, 1.82) is 0 Å². The van der Waals surface area contributed by atoms with Gasteiger partial charge in [-0.25, -0.2) is 4.68 Å². The standard InChI is InChI=1S/C22H24N4O4/c1-3-26-22(29)17-11-7-6-10-16(17)20(25-26)21(28)24-23-19(27)14-13-15-9-5-8-12-18(15)30-4-2/h5-12H,3-4,13-14H2,1-2H3,(H,23,27)(H,24,28). The molecule has 0 radical (unpaired) electrons. The summed E-state index contributed by atoms with van der Waals surface area (Å²) < 4.78 is 6.79. The Morgan fingerprint density at radius 1 is 1.00 bits per heavy atom. The third kappa shape index (κ3) is 4.65. The predicted molar refractivity (Wildman–Crippen MR) is 113 cm³/mol. The van der Waals surface area contributed by atoms with Gasteiger partial charge >= 0.3 is 0 Å². The van der Waals surface area contributed by atoms with Gasteiger partial charge in [0.15, 0.2) is 5.69 Å². The number of carbonyl (C=O) groups excluding carboxylic acids is 2. The zero-order valence-corrected chi connectivity index (χ0v) is 17.0. The maximum Gasteiger partial charge on any atom is 0.290 e. The average Bonchev–Trinajstić information content (AvgIpc) is 2.77. The van der Waals surface area contributed by atoms with Gasteiger partial charge in [0.2, 0.25) is 5.91 Å². The highest BCUT2D eigenvalue weighted by Crippen LogP contribution is 2.19. The lowest BCUT2D eigenvalue weighted by Gasteiger charge is -2.12. The Labute approximate surface area is 173 Å². The third-order valence-corrected chi connectivity index (χ3v) is 4.59. The van der Waals surface area contributed by atoms with Gasteiger partial charge < -0.3 is 4.74 Å². The van der Waals surface area contributed by atoms with Crippen molar-refractivity contribution in [2.24, 2.45) is 0 Å². The molecule has 2 aromatic carbocycles. The van der Waals surface area contributed by atoms with Gasteiger partial charge in [0, 0.05) is 18.4 Å². The Hall–Kier alpha value is -3.68. The van der Waals surface area contributed by atoms with Gasteiger partial charge in [-0.1, -0.05) is 36.4 Å². The summed E-state index contributed by atoms with van der Waals surface area (Å²) in [7, 11) is 0. The van der Waals surface area contributed by atoms with E-state index >= 15 is 0 Å². The monoisotopic (exact) mass is 408 g/mol. The zero-order chi connectivity index (χ0) is 21.5. The molecule has 3 aromatic rings. The number of nitrogens with one attached hydrogen (secondary N) is 2. The molecule has 0 saturated carbocycles. The highest BCUT2D eigenvalue weighted by molar-refractivity contribution is 6.05. The molecule has 0 atom stereocenters. The Morgan fingerprint density at radius 3 is 2.43 bits per heavy atom. The molecule has 2 N–H and O–H groups in total. The lowest BCUT2D eigenvalue weighted by atomic mass is 10.1. The maximum absolute atomic E-state index is 12.6. The first-order valence-corrected chi connectivity index (χ1v) is 9.84. The maximum atomic E-state index is 12.6. The summed E-state index contributed by atoms with van der Waals surface area (Å²) in [6, 6.07) is 14.3. The highest BCUT2D eigenvalue weighted by Gasteiger charge is 2.17. The minimum atomic E-state index is -0.587. The number of aryl methyl sites for hydroxylation is 2. The molecule has 0 spiro atoms. The van der Waals surface area contributed by atoms with Crippen LogP contribution in [0.2, 0.25) is 0 Å². The second-order valence-corrected chi connectivity index (χ2v) is 6.56. The Morgan fingerprint density at radius 2 is 1.70 bits per heavy atom. The lowest BCUT2D eigenvalue weighted by Crippen LogP contribution is -2.42. The van der Waals surface area contributed by atoms with E-state index in [2.05, 4.69) is 16.0 Å². The highest BCUT2D eigenvalue weighted by atomic mass is 16.5. The van der Waals surface area contributed by atoms with Crippen LogP contribution in [0.15, 0.2) is 53.3 Å². The molecule has 0 unspecified atom stereocenters. The van der Waals surface area contributed by atoms with E-state index in [1.165, 1.54) is 4.68 Å². The number of nitrogens with zero attached hydrogens (tertiary/aromatic N) is 2. The Balaban J connectivity index is 1.67. The second-order valence-electron chi connectivity index (χ2n) is 6.56. The molecule has 0 fully saturated rings. The van der Waals surface area contributed by atoms with Crippen molar-refractivity contribution in [3.8, 4) is 5.75 Å². The van der Waals surface area contributed by atoms with E-state index in [1.54, 1.807) is 31.2 Å². The van der Waals surface area contributed by atoms with Crippen molar-refractivity contribution < 1.29 is 14.3 Å². The molecule has 0 bridgehead atoms. The first-order chi connectivity index (χ1) is 14.5. The van der Waals surface area contributed by atoms with Crippen molar-refractivity contribution in [3.05, 3.63) is 70.1 Å². The van der Waals surface area contributed by atoms with E-state index in [-0.39, 0.29) is 23.6 Å². The second kappa shape index (κ2) is 9.69. The molecule has 1 aromatic heterocycles. The van der Waals surface area contributed by atoms with Crippen molar-refractivity contribution in [2.75, 3.05) is 6.61 Å². The topological polar surface area (TPSA) is 102 Å². The van der Waals surface area contributed by atoms with Crippen LogP contribution in [-0.2, 0) is 17.8 Å². The van der Waals surface area contributed by atoms with E-state index in [9.17, 15) is 14.4 Å². The van der Waals surface area contributed by atoms with Gasteiger partial charge in [0.05, 0.1) is 12.0 Å². The fraction of sp³-hybridized carbons (Fsp3) is 0.273. The fourth-order valence-corrected chi connectivity index (χ4v) is 3.12. The van der Waals surface area contributed by atoms with E-state index in [0.29, 0.717) is 30.3 Å². The zero-order valence-electron chi connectivity index (χ0n) is 17.0. The van der Waals surface area contributed by atoms with E-state index < -0.39 is 5.91 Å². The van der Waals surface area contributed by atoms with Crippen LogP contribution >= 0.6 is 0 Å². The van der Waals surface area contributed by atoms with Gasteiger partial charge in [0.1, 0.15) is 5.75 Å². The van der Waals surface area contributed by atoms with Gasteiger partial charge in [-0.15, -0.1) is 0 Å². The van der Waals surface area contributed by atoms with Crippen molar-refractivity contribution in [3.63, 3.8) is 0 Å². The Kier molecular flexibility index (Phi) is 6.79. The number of benzene rings is 2. The summed E-state index contributed by atoms with van der Waals surface area (Å²) in [5.41, 5.74) is 5.54. The van der Waals surface area contributed by atoms with Gasteiger partial charge in [-0.3, -0.25) is 25.2 Å². The van der Waals surface area contributed by atoms with Crippen LogP contribution in [0.25, 0.3) is 10.8 Å². The summed E-state index contributed by atoms with van der Waals surface area (Å²) in [5, 5.41) is 4.98. The number of aromatic nitrogens is 2. The number of hydrogen-bond acceptors (Lipinski definition) is 5. The number of para-hydroxylation sites is 1. The van der Waals surface area contributed by atoms with E-state index in [1.807, 2.05) is 31.2 Å². The summed E-state index contributed by atoms with van der Waals surface area (Å²) >= 11 is 0.